The van der Waals surface area contributed by atoms with E-state index in [2.05, 4.69) is 10.3 Å². The van der Waals surface area contributed by atoms with Gasteiger partial charge >= 0.3 is 0 Å². The minimum Gasteiger partial charge on any atom is -0.495 e. The van der Waals surface area contributed by atoms with Crippen LogP contribution in [0.1, 0.15) is 31.5 Å². The lowest BCUT2D eigenvalue weighted by Gasteiger charge is -2.10. The molecule has 0 saturated carbocycles. The number of nitrogens with zero attached hydrogens (tertiary/aromatic N) is 1. The Morgan fingerprint density at radius 3 is 2.62 bits per heavy atom. The molecule has 0 spiro atoms. The number of ether oxygens (including phenoxy) is 1. The van der Waals surface area contributed by atoms with Gasteiger partial charge in [-0.15, -0.1) is 11.3 Å². The highest BCUT2D eigenvalue weighted by atomic mass is 32.1. The fraction of sp³-hybridized carbons (Fsp3) is 0.200. The number of halogens is 1. The van der Waals surface area contributed by atoms with Crippen LogP contribution in [-0.4, -0.2) is 18.0 Å². The van der Waals surface area contributed by atoms with Gasteiger partial charge in [-0.3, -0.25) is 4.79 Å². The highest BCUT2D eigenvalue weighted by molar-refractivity contribution is 7.14. The Morgan fingerprint density at radius 2 is 1.92 bits per heavy atom. The lowest BCUT2D eigenvalue weighted by Crippen LogP contribution is -2.12. The molecule has 0 radical (unpaired) electrons. The van der Waals surface area contributed by atoms with E-state index in [4.69, 9.17) is 4.74 Å². The largest absolute Gasteiger partial charge is 0.495 e. The van der Waals surface area contributed by atoms with Gasteiger partial charge in [-0.05, 0) is 49.2 Å². The summed E-state index contributed by atoms with van der Waals surface area (Å²) in [6, 6.07) is 11.9. The molecule has 0 bridgehead atoms. The number of amides is 1. The van der Waals surface area contributed by atoms with Gasteiger partial charge in [0.2, 0.25) is 0 Å². The Kier molecular flexibility index (Phi) is 5.32. The van der Waals surface area contributed by atoms with E-state index in [1.807, 2.05) is 32.0 Å². The minimum absolute atomic E-state index is 0.214. The fourth-order valence-corrected chi connectivity index (χ4v) is 3.61. The van der Waals surface area contributed by atoms with E-state index < -0.39 is 0 Å². The number of rotatable bonds is 5. The zero-order valence-corrected chi connectivity index (χ0v) is 15.6. The zero-order valence-electron chi connectivity index (χ0n) is 14.8. The molecular weight excluding hydrogens is 351 g/mol. The highest BCUT2D eigenvalue weighted by Crippen LogP contribution is 2.27. The average Bonchev–Trinajstić information content (AvgIpc) is 2.97. The lowest BCUT2D eigenvalue weighted by molar-refractivity contribution is 0.102. The maximum absolute atomic E-state index is 13.0. The van der Waals surface area contributed by atoms with Crippen LogP contribution in [-0.2, 0) is 6.42 Å². The van der Waals surface area contributed by atoms with Crippen LogP contribution in [0.25, 0.3) is 0 Å². The molecule has 0 aliphatic carbocycles. The van der Waals surface area contributed by atoms with Crippen LogP contribution in [0.3, 0.4) is 0 Å². The predicted molar refractivity (Wildman–Crippen MR) is 102 cm³/mol. The van der Waals surface area contributed by atoms with Gasteiger partial charge in [0.05, 0.1) is 23.5 Å². The van der Waals surface area contributed by atoms with E-state index in [9.17, 15) is 9.18 Å². The Labute approximate surface area is 155 Å². The molecule has 2 aromatic carbocycles. The predicted octanol–water partition coefficient (Wildman–Crippen LogP) is 4.75. The molecule has 0 fully saturated rings. The van der Waals surface area contributed by atoms with Crippen molar-refractivity contribution < 1.29 is 13.9 Å². The van der Waals surface area contributed by atoms with Crippen molar-refractivity contribution in [3.05, 3.63) is 75.0 Å². The van der Waals surface area contributed by atoms with Gasteiger partial charge in [-0.25, -0.2) is 9.37 Å². The number of thiazole rings is 1. The summed E-state index contributed by atoms with van der Waals surface area (Å²) in [4.78, 5) is 17.7. The summed E-state index contributed by atoms with van der Waals surface area (Å²) < 4.78 is 18.3. The van der Waals surface area contributed by atoms with Crippen LogP contribution in [0.4, 0.5) is 10.1 Å². The number of methoxy groups -OCH3 is 1. The van der Waals surface area contributed by atoms with Crippen molar-refractivity contribution in [2.45, 2.75) is 20.3 Å². The van der Waals surface area contributed by atoms with Gasteiger partial charge in [0.25, 0.3) is 5.91 Å². The quantitative estimate of drug-likeness (QED) is 0.705. The van der Waals surface area contributed by atoms with Crippen LogP contribution in [0, 0.1) is 19.7 Å². The topological polar surface area (TPSA) is 51.2 Å². The van der Waals surface area contributed by atoms with Crippen LogP contribution in [0.2, 0.25) is 0 Å². The normalized spacial score (nSPS) is 10.6. The number of carbonyl (C=O) groups excluding carboxylic acids is 1. The molecule has 0 aliphatic rings. The van der Waals surface area contributed by atoms with Gasteiger partial charge < -0.3 is 10.1 Å². The fourth-order valence-electron chi connectivity index (χ4n) is 2.61. The first-order chi connectivity index (χ1) is 12.5. The molecule has 0 saturated heterocycles. The molecule has 4 nitrogen and oxygen atoms in total. The van der Waals surface area contributed by atoms with E-state index in [1.54, 1.807) is 19.2 Å². The summed E-state index contributed by atoms with van der Waals surface area (Å²) in [7, 11) is 1.57. The highest BCUT2D eigenvalue weighted by Gasteiger charge is 2.17. The number of hydrogen-bond acceptors (Lipinski definition) is 4. The molecule has 3 aromatic rings. The number of carbonyl (C=O) groups is 1. The van der Waals surface area contributed by atoms with Crippen molar-refractivity contribution in [3.63, 3.8) is 0 Å². The third-order valence-corrected chi connectivity index (χ3v) is 5.08. The van der Waals surface area contributed by atoms with E-state index in [0.29, 0.717) is 28.4 Å². The number of aromatic nitrogens is 1. The molecule has 1 heterocycles. The number of hydrogen-bond donors (Lipinski definition) is 1. The van der Waals surface area contributed by atoms with Crippen LogP contribution in [0.15, 0.2) is 42.5 Å². The first-order valence-corrected chi connectivity index (χ1v) is 8.94. The maximum atomic E-state index is 13.0. The summed E-state index contributed by atoms with van der Waals surface area (Å²) in [5.74, 6) is 0.128. The molecule has 26 heavy (non-hydrogen) atoms. The van der Waals surface area contributed by atoms with Crippen molar-refractivity contribution in [2.75, 3.05) is 12.4 Å². The first-order valence-electron chi connectivity index (χ1n) is 8.13. The van der Waals surface area contributed by atoms with Gasteiger partial charge in [0, 0.05) is 6.42 Å². The monoisotopic (exact) mass is 370 g/mol. The summed E-state index contributed by atoms with van der Waals surface area (Å²) in [5, 5.41) is 3.72. The summed E-state index contributed by atoms with van der Waals surface area (Å²) in [5.41, 5.74) is 3.29. The second-order valence-electron chi connectivity index (χ2n) is 5.98. The smallest absolute Gasteiger partial charge is 0.267 e. The number of benzene rings is 2. The third-order valence-electron chi connectivity index (χ3n) is 3.92. The molecule has 0 unspecified atom stereocenters. The lowest BCUT2D eigenvalue weighted by atomic mass is 10.1. The van der Waals surface area contributed by atoms with Gasteiger partial charge in [-0.1, -0.05) is 18.2 Å². The summed E-state index contributed by atoms with van der Waals surface area (Å²) in [6.45, 7) is 3.76. The molecule has 0 atom stereocenters. The molecule has 1 aromatic heterocycles. The first kappa shape index (κ1) is 18.1. The van der Waals surface area contributed by atoms with Crippen LogP contribution >= 0.6 is 11.3 Å². The van der Waals surface area contributed by atoms with Crippen molar-refractivity contribution in [3.8, 4) is 5.75 Å². The maximum Gasteiger partial charge on any atom is 0.267 e. The number of nitrogens with one attached hydrogen (secondary N) is 1. The Balaban J connectivity index is 1.79. The van der Waals surface area contributed by atoms with Gasteiger partial charge in [-0.2, -0.15) is 0 Å². The van der Waals surface area contributed by atoms with E-state index in [1.165, 1.54) is 23.5 Å². The number of anilines is 1. The van der Waals surface area contributed by atoms with Crippen molar-refractivity contribution in [2.24, 2.45) is 0 Å². The molecule has 3 rings (SSSR count). The molecule has 0 aliphatic heterocycles. The second-order valence-corrected chi connectivity index (χ2v) is 7.07. The van der Waals surface area contributed by atoms with E-state index >= 15 is 0 Å². The van der Waals surface area contributed by atoms with Crippen molar-refractivity contribution in [1.29, 1.82) is 0 Å². The average molecular weight is 370 g/mol. The summed E-state index contributed by atoms with van der Waals surface area (Å²) in [6.07, 6.45) is 0.562. The molecule has 1 amide bonds. The SMILES string of the molecule is COc1ccc(C)cc1NC(=O)c1sc(Cc2ccc(F)cc2)nc1C. The molecule has 1 N–H and O–H groups in total. The van der Waals surface area contributed by atoms with Crippen LogP contribution < -0.4 is 10.1 Å². The number of aryl methyl sites for hydroxylation is 2. The minimum atomic E-state index is -0.267. The Bertz CT molecular complexity index is 935. The Hall–Kier alpha value is -2.73. The Morgan fingerprint density at radius 1 is 1.19 bits per heavy atom. The second kappa shape index (κ2) is 7.66. The van der Waals surface area contributed by atoms with Crippen molar-refractivity contribution in [1.82, 2.24) is 4.98 Å². The van der Waals surface area contributed by atoms with E-state index in [-0.39, 0.29) is 11.7 Å². The van der Waals surface area contributed by atoms with Crippen molar-refractivity contribution >= 4 is 22.9 Å². The van der Waals surface area contributed by atoms with Gasteiger partial charge in [0.15, 0.2) is 0 Å². The van der Waals surface area contributed by atoms with Gasteiger partial charge in [0.1, 0.15) is 16.4 Å². The molecular formula is C20H19FN2O2S. The molecule has 6 heteroatoms. The van der Waals surface area contributed by atoms with E-state index in [0.717, 1.165) is 16.1 Å². The summed E-state index contributed by atoms with van der Waals surface area (Å²) >= 11 is 1.35. The van der Waals surface area contributed by atoms with Crippen LogP contribution in [0.5, 0.6) is 5.75 Å². The standard InChI is InChI=1S/C20H19FN2O2S/c1-12-4-9-17(25-3)16(10-12)23-20(24)19-13(2)22-18(26-19)11-14-5-7-15(21)8-6-14/h4-10H,11H2,1-3H3,(H,23,24). The molecule has 134 valence electrons. The third kappa shape index (κ3) is 4.08. The zero-order chi connectivity index (χ0) is 18.7.